The highest BCUT2D eigenvalue weighted by atomic mass is 16.7. The van der Waals surface area contributed by atoms with Crippen molar-refractivity contribution >= 4 is 22.8 Å². The maximum atomic E-state index is 13.9. The predicted molar refractivity (Wildman–Crippen MR) is 263 cm³/mol. The van der Waals surface area contributed by atoms with Gasteiger partial charge in [0.05, 0.1) is 35.8 Å². The largest absolute Gasteiger partial charge is 0.487 e. The minimum absolute atomic E-state index is 0.0674. The molecule has 0 radical (unpaired) electrons. The monoisotopic (exact) mass is 1040 g/mol. The van der Waals surface area contributed by atoms with Crippen LogP contribution < -0.4 is 35.2 Å². The fourth-order valence-electron chi connectivity index (χ4n) is 14.3. The number of aliphatic carboxylic acids is 1. The highest BCUT2D eigenvalue weighted by Gasteiger charge is 2.73. The van der Waals surface area contributed by atoms with Crippen molar-refractivity contribution in [2.75, 3.05) is 13.4 Å². The Bertz CT molecular complexity index is 3300. The molecule has 3 aromatic carbocycles. The van der Waals surface area contributed by atoms with Gasteiger partial charge in [-0.2, -0.15) is 0 Å². The fraction of sp³-hybridized carbons (Fsp3) is 0.464. The highest BCUT2D eigenvalue weighted by molar-refractivity contribution is 5.97. The van der Waals surface area contributed by atoms with Crippen molar-refractivity contribution < 1.29 is 78.5 Å². The molecule has 9 aliphatic rings. The Balaban J connectivity index is 1.10. The number of rotatable bonds is 8. The summed E-state index contributed by atoms with van der Waals surface area (Å²) in [5.41, 5.74) is 13.3. The SMILES string of the molecule is NC(N)C1OC(=O)C(C(=O)O)C#CC2CCC3c4c(cc5c(c4Cn4cc6cc[nH]c6c4CO)C4Oc6c7ccc(OCO)c6OCC(O)C#CC(c6ccccc6)C(O5)C74)OC4OC1C(O)C(O)C4(O)C31CCC2C1. The number of carboxylic acid groups (broad SMARTS) is 1. The Kier molecular flexibility index (Phi) is 11.7. The van der Waals surface area contributed by atoms with E-state index in [-0.39, 0.29) is 62.2 Å². The second-order valence-corrected chi connectivity index (χ2v) is 21.3. The van der Waals surface area contributed by atoms with Gasteiger partial charge in [0.15, 0.2) is 30.0 Å². The molecule has 0 amide bonds. The Morgan fingerprint density at radius 1 is 0.921 bits per heavy atom. The first kappa shape index (κ1) is 48.8. The van der Waals surface area contributed by atoms with Crippen LogP contribution in [-0.4, -0.2) is 125 Å². The van der Waals surface area contributed by atoms with Crippen molar-refractivity contribution in [1.29, 1.82) is 0 Å². The molecular formula is C56H56N4O16. The maximum absolute atomic E-state index is 13.9. The summed E-state index contributed by atoms with van der Waals surface area (Å²) < 4.78 is 48.1. The number of aromatic nitrogens is 2. The average Bonchev–Trinajstić information content (AvgIpc) is 4.23. The minimum atomic E-state index is -2.40. The highest BCUT2D eigenvalue weighted by Crippen LogP contribution is 2.70. The van der Waals surface area contributed by atoms with Gasteiger partial charge in [-0.1, -0.05) is 60.1 Å². The van der Waals surface area contributed by atoms with Crippen LogP contribution >= 0.6 is 0 Å². The zero-order chi connectivity index (χ0) is 52.5. The number of esters is 1. The summed E-state index contributed by atoms with van der Waals surface area (Å²) in [5, 5.41) is 82.6. The van der Waals surface area contributed by atoms with Crippen LogP contribution in [0.4, 0.5) is 0 Å². The van der Waals surface area contributed by atoms with Crippen molar-refractivity contribution in [2.24, 2.45) is 34.6 Å². The van der Waals surface area contributed by atoms with E-state index in [9.17, 15) is 45.3 Å². The molecule has 76 heavy (non-hydrogen) atoms. The molecule has 20 nitrogen and oxygen atoms in total. The van der Waals surface area contributed by atoms with Crippen LogP contribution in [0.5, 0.6) is 28.7 Å². The number of H-pyrrole nitrogens is 1. The molecule has 16 atom stereocenters. The number of ether oxygens (including phenoxy) is 7. The molecule has 9 heterocycles. The summed E-state index contributed by atoms with van der Waals surface area (Å²) >= 11 is 0. The third kappa shape index (κ3) is 7.13. The van der Waals surface area contributed by atoms with Crippen LogP contribution in [-0.2, 0) is 32.2 Å². The molecule has 20 heteroatoms. The van der Waals surface area contributed by atoms with Gasteiger partial charge in [-0.25, -0.2) is 0 Å². The summed E-state index contributed by atoms with van der Waals surface area (Å²) in [6, 6.07) is 16.7. The predicted octanol–water partition coefficient (Wildman–Crippen LogP) is 2.08. The molecule has 14 rings (SSSR count). The molecular weight excluding hydrogens is 985 g/mol. The van der Waals surface area contributed by atoms with Crippen molar-refractivity contribution in [3.8, 4) is 52.4 Å². The van der Waals surface area contributed by atoms with Crippen LogP contribution in [0.2, 0.25) is 0 Å². The molecule has 2 saturated carbocycles. The van der Waals surface area contributed by atoms with E-state index < -0.39 is 115 Å². The number of nitrogens with zero attached hydrogens (tertiary/aromatic N) is 1. The Morgan fingerprint density at radius 2 is 1.74 bits per heavy atom. The molecule has 1 saturated heterocycles. The Morgan fingerprint density at radius 3 is 2.51 bits per heavy atom. The number of benzene rings is 3. The van der Waals surface area contributed by atoms with E-state index in [2.05, 4.69) is 28.7 Å². The summed E-state index contributed by atoms with van der Waals surface area (Å²) in [6.07, 6.45) is -8.72. The molecule has 5 aromatic rings. The van der Waals surface area contributed by atoms with E-state index in [4.69, 9.17) is 44.6 Å². The Hall–Kier alpha value is -6.82. The van der Waals surface area contributed by atoms with E-state index in [1.165, 1.54) is 0 Å². The van der Waals surface area contributed by atoms with Gasteiger partial charge in [0.1, 0.15) is 54.7 Å². The van der Waals surface area contributed by atoms with Gasteiger partial charge >= 0.3 is 11.9 Å². The van der Waals surface area contributed by atoms with Crippen LogP contribution in [0.3, 0.4) is 0 Å². The summed E-state index contributed by atoms with van der Waals surface area (Å²) in [5.74, 6) is 5.59. The average molecular weight is 1040 g/mol. The molecule has 1 spiro atoms. The maximum Gasteiger partial charge on any atom is 0.333 e. The van der Waals surface area contributed by atoms with Gasteiger partial charge in [-0.15, -0.1) is 0 Å². The first-order valence-corrected chi connectivity index (χ1v) is 25.7. The second kappa shape index (κ2) is 18.2. The minimum Gasteiger partial charge on any atom is -0.487 e. The first-order chi connectivity index (χ1) is 36.7. The lowest BCUT2D eigenvalue weighted by Gasteiger charge is -2.57. The number of nitrogens with one attached hydrogen (secondary N) is 1. The number of carboxylic acids is 1. The van der Waals surface area contributed by atoms with Crippen molar-refractivity contribution in [1.82, 2.24) is 9.55 Å². The van der Waals surface area contributed by atoms with E-state index in [1.54, 1.807) is 18.3 Å². The van der Waals surface area contributed by atoms with Crippen molar-refractivity contribution in [3.63, 3.8) is 0 Å². The molecule has 396 valence electrons. The molecule has 16 unspecified atom stereocenters. The van der Waals surface area contributed by atoms with Crippen molar-refractivity contribution in [2.45, 2.75) is 124 Å². The van der Waals surface area contributed by atoms with E-state index in [0.29, 0.717) is 57.8 Å². The number of aromatic amines is 1. The van der Waals surface area contributed by atoms with Crippen LogP contribution in [0.1, 0.15) is 89.5 Å². The topological polar surface area (TPSA) is 313 Å². The normalized spacial score (nSPS) is 35.2. The molecule has 2 aliphatic carbocycles. The van der Waals surface area contributed by atoms with Gasteiger partial charge in [0.25, 0.3) is 0 Å². The quantitative estimate of drug-likeness (QED) is 0.0460. The van der Waals surface area contributed by atoms with Gasteiger partial charge in [-0.05, 0) is 67.2 Å². The van der Waals surface area contributed by atoms with Crippen LogP contribution in [0, 0.1) is 46.9 Å². The van der Waals surface area contributed by atoms with Crippen LogP contribution in [0.25, 0.3) is 10.9 Å². The summed E-state index contributed by atoms with van der Waals surface area (Å²) in [6.45, 7) is -1.24. The molecule has 10 bridgehead atoms. The van der Waals surface area contributed by atoms with E-state index in [0.717, 1.165) is 10.9 Å². The second-order valence-electron chi connectivity index (χ2n) is 21.3. The van der Waals surface area contributed by atoms with Gasteiger partial charge in [0, 0.05) is 58.4 Å². The number of fused-ring (bicyclic) bond motifs is 10. The number of carbonyl (C=O) groups excluding carboxylic acids is 1. The van der Waals surface area contributed by atoms with Crippen LogP contribution in [0.15, 0.2) is 67.0 Å². The lowest BCUT2D eigenvalue weighted by atomic mass is 9.56. The first-order valence-electron chi connectivity index (χ1n) is 25.7. The zero-order valence-electron chi connectivity index (χ0n) is 40.8. The van der Waals surface area contributed by atoms with Gasteiger partial charge in [0.2, 0.25) is 18.0 Å². The molecule has 3 fully saturated rings. The van der Waals surface area contributed by atoms with Crippen molar-refractivity contribution in [3.05, 3.63) is 101 Å². The lowest BCUT2D eigenvalue weighted by Crippen LogP contribution is -2.76. The number of hydrogen-bond acceptors (Lipinski definition) is 17. The van der Waals surface area contributed by atoms with E-state index in [1.807, 2.05) is 53.2 Å². The molecule has 12 N–H and O–H groups in total. The summed E-state index contributed by atoms with van der Waals surface area (Å²) in [4.78, 5) is 29.7. The van der Waals surface area contributed by atoms with Gasteiger partial charge < -0.3 is 89.9 Å². The third-order valence-electron chi connectivity index (χ3n) is 17.6. The number of aliphatic hydroxyl groups is 6. The smallest absolute Gasteiger partial charge is 0.333 e. The fourth-order valence-corrected chi connectivity index (χ4v) is 14.3. The molecule has 7 aliphatic heterocycles. The summed E-state index contributed by atoms with van der Waals surface area (Å²) in [7, 11) is 0. The number of carbonyl (C=O) groups is 2. The third-order valence-corrected chi connectivity index (χ3v) is 17.6. The lowest BCUT2D eigenvalue weighted by molar-refractivity contribution is -0.358. The van der Waals surface area contributed by atoms with E-state index >= 15 is 0 Å². The Labute approximate surface area is 434 Å². The number of nitrogens with two attached hydrogens (primary N) is 2. The number of hydrogen-bond donors (Lipinski definition) is 10. The molecule has 2 aromatic heterocycles. The standard InChI is InChI=1S/C56H56N4O16/c57-51(58)49-48-43(64)50(65)56(69)54(76-48)73-37-18-38-40(47-41-31-11-13-36(71-24-62)46(45(31)74-47)70-23-29(63)8-10-30(44(41)72-38)26-4-2-1-3-5-26)33(21-60-20-28-15-17-59-42(28)35(60)22-61)39(37)34-12-7-25(27-14-16-55(34,56)19-27)6-9-32(52(66)67)53(68)75-49/h1-5,11,13,15,17-18,20,25,27,29-30,32,34,41,43-44,47-51,54,59,61-65,69H,7,12,14,16,19,21-24,57-58H2,(H,66,67). The van der Waals surface area contributed by atoms with Gasteiger partial charge in [-0.3, -0.25) is 9.59 Å². The number of aliphatic hydroxyl groups excluding tert-OH is 5. The zero-order valence-corrected chi connectivity index (χ0v) is 40.8.